The predicted molar refractivity (Wildman–Crippen MR) is 72.7 cm³/mol. The number of hydrogen-bond donors (Lipinski definition) is 0. The van der Waals surface area contributed by atoms with Gasteiger partial charge in [-0.1, -0.05) is 11.6 Å². The van der Waals surface area contributed by atoms with Crippen molar-refractivity contribution in [3.63, 3.8) is 0 Å². The van der Waals surface area contributed by atoms with Gasteiger partial charge in [0.1, 0.15) is 5.56 Å². The van der Waals surface area contributed by atoms with Crippen LogP contribution in [0.4, 0.5) is 0 Å². The molecule has 0 aromatic heterocycles. The van der Waals surface area contributed by atoms with E-state index >= 15 is 0 Å². The molecular weight excluding hydrogens is 408 g/mol. The Balaban J connectivity index is 3.15. The molecule has 84 valence electrons. The monoisotopic (exact) mass is 406 g/mol. The predicted octanol–water partition coefficient (Wildman–Crippen LogP) is 4.14. The largest absolute Gasteiger partial charge is 0.405 e. The first kappa shape index (κ1) is 15.0. The topological polar surface area (TPSA) is 9.23 Å². The molecule has 0 aromatic carbocycles. The molecule has 2 unspecified atom stereocenters. The van der Waals surface area contributed by atoms with Crippen molar-refractivity contribution in [3.8, 4) is 0 Å². The summed E-state index contributed by atoms with van der Waals surface area (Å²) in [5.74, 6) is 0. The summed E-state index contributed by atoms with van der Waals surface area (Å²) in [7, 11) is 0. The highest BCUT2D eigenvalue weighted by molar-refractivity contribution is 8.14. The molecule has 1 aliphatic rings. The zero-order valence-corrected chi connectivity index (χ0v) is 15.1. The third-order valence-electron chi connectivity index (χ3n) is 1.62. The second-order valence-electron chi connectivity index (χ2n) is 2.58. The summed E-state index contributed by atoms with van der Waals surface area (Å²) in [6.07, 6.45) is -3.20. The van der Waals surface area contributed by atoms with Crippen LogP contribution in [-0.4, -0.2) is 29.0 Å². The molecule has 1 fully saturated rings. The quantitative estimate of drug-likeness (QED) is 0.332. The molecule has 1 heterocycles. The maximum Gasteiger partial charge on any atom is 0.405 e. The third kappa shape index (κ3) is 2.24. The molecule has 0 saturated carbocycles. The first-order valence-corrected chi connectivity index (χ1v) is 18.1. The molecule has 14 heavy (non-hydrogen) atoms. The molecule has 0 amide bonds. The minimum Gasteiger partial charge on any atom is -0.375 e. The summed E-state index contributed by atoms with van der Waals surface area (Å²) in [5.41, 5.74) is -4.25. The van der Waals surface area contributed by atoms with Crippen molar-refractivity contribution in [2.75, 3.05) is 0 Å². The standard InChI is InChI=1S/C2H2Cl8OSi3/c3-1-2(4)12(5,6)14(9,10)13(7,8)11-1/h1-2H. The van der Waals surface area contributed by atoms with Crippen molar-refractivity contribution in [3.05, 3.63) is 0 Å². The summed E-state index contributed by atoms with van der Waals surface area (Å²) >= 11 is 47.7. The van der Waals surface area contributed by atoms with E-state index in [1.807, 2.05) is 0 Å². The van der Waals surface area contributed by atoms with Crippen LogP contribution < -0.4 is 0 Å². The molecule has 0 bridgehead atoms. The van der Waals surface area contributed by atoms with Crippen LogP contribution in [0.1, 0.15) is 0 Å². The van der Waals surface area contributed by atoms with Crippen LogP contribution in [-0.2, 0) is 4.43 Å². The summed E-state index contributed by atoms with van der Waals surface area (Å²) < 4.78 is 5.10. The Bertz CT molecular complexity index is 243. The summed E-state index contributed by atoms with van der Waals surface area (Å²) in [4.78, 5) is 0. The lowest BCUT2D eigenvalue weighted by atomic mass is 10.8. The molecule has 0 aliphatic carbocycles. The zero-order chi connectivity index (χ0) is 11.4. The minimum absolute atomic E-state index is 0.827. The SMILES string of the molecule is ClC1O[Si](Cl)(Cl)[Si](Cl)(Cl)[Si](Cl)(Cl)C1Cl. The Morgan fingerprint density at radius 1 is 0.857 bits per heavy atom. The number of rotatable bonds is 0. The summed E-state index contributed by atoms with van der Waals surface area (Å²) in [5, 5.41) is -0.827. The van der Waals surface area contributed by atoms with Gasteiger partial charge in [-0.2, -0.15) is 0 Å². The third-order valence-corrected chi connectivity index (χ3v) is 55.7. The van der Waals surface area contributed by atoms with Crippen molar-refractivity contribution in [1.29, 1.82) is 0 Å². The van der Waals surface area contributed by atoms with Crippen LogP contribution in [0.2, 0.25) is 0 Å². The Kier molecular flexibility index (Phi) is 4.87. The number of halogens is 8. The van der Waals surface area contributed by atoms with E-state index in [9.17, 15) is 0 Å². The van der Waals surface area contributed by atoms with Crippen LogP contribution in [0.5, 0.6) is 0 Å². The Morgan fingerprint density at radius 3 is 1.71 bits per heavy atom. The van der Waals surface area contributed by atoms with E-state index in [2.05, 4.69) is 0 Å². The lowest BCUT2D eigenvalue weighted by molar-refractivity contribution is 0.306. The van der Waals surface area contributed by atoms with Crippen molar-refractivity contribution < 1.29 is 4.43 Å². The van der Waals surface area contributed by atoms with Gasteiger partial charge in [-0.05, 0) is 0 Å². The molecule has 12 heteroatoms. The number of hydrogen-bond acceptors (Lipinski definition) is 1. The highest BCUT2D eigenvalue weighted by Crippen LogP contribution is 2.53. The van der Waals surface area contributed by atoms with Crippen LogP contribution in [0.25, 0.3) is 0 Å². The second kappa shape index (κ2) is 4.55. The van der Waals surface area contributed by atoms with Crippen molar-refractivity contribution >= 4 is 108 Å². The molecule has 1 aliphatic heterocycles. The molecule has 0 N–H and O–H groups in total. The fourth-order valence-corrected chi connectivity index (χ4v) is 41.8. The number of alkyl halides is 2. The minimum atomic E-state index is -3.36. The average Bonchev–Trinajstić information content (AvgIpc) is 1.99. The van der Waals surface area contributed by atoms with Crippen LogP contribution >= 0.6 is 89.7 Å². The smallest absolute Gasteiger partial charge is 0.375 e. The maximum atomic E-state index is 6.07. The first-order valence-electron chi connectivity index (χ1n) is 3.13. The van der Waals surface area contributed by atoms with Gasteiger partial charge in [-0.15, -0.1) is 78.1 Å². The first-order chi connectivity index (χ1) is 6.04. The van der Waals surface area contributed by atoms with Crippen molar-refractivity contribution in [2.45, 2.75) is 10.6 Å². The maximum absolute atomic E-state index is 6.07. The van der Waals surface area contributed by atoms with Gasteiger partial charge in [0.25, 0.3) is 6.21 Å². The van der Waals surface area contributed by atoms with Gasteiger partial charge >= 0.3 is 12.2 Å². The molecule has 0 radical (unpaired) electrons. The van der Waals surface area contributed by atoms with E-state index in [1.165, 1.54) is 0 Å². The Morgan fingerprint density at radius 2 is 1.29 bits per heavy atom. The van der Waals surface area contributed by atoms with Gasteiger partial charge < -0.3 is 4.43 Å². The van der Waals surface area contributed by atoms with Gasteiger partial charge in [0, 0.05) is 0 Å². The summed E-state index contributed by atoms with van der Waals surface area (Å²) in [6, 6.07) is 0. The molecule has 1 saturated heterocycles. The lowest BCUT2D eigenvalue weighted by Gasteiger charge is -2.44. The van der Waals surface area contributed by atoms with Gasteiger partial charge in [0.15, 0.2) is 0 Å². The van der Waals surface area contributed by atoms with Gasteiger partial charge in [-0.25, -0.2) is 0 Å². The molecule has 1 rings (SSSR count). The van der Waals surface area contributed by atoms with Crippen LogP contribution in [0.3, 0.4) is 0 Å². The van der Waals surface area contributed by atoms with E-state index in [-0.39, 0.29) is 0 Å². The van der Waals surface area contributed by atoms with E-state index < -0.39 is 29.0 Å². The van der Waals surface area contributed by atoms with E-state index in [0.717, 1.165) is 0 Å². The molecule has 0 aromatic rings. The molecule has 2 atom stereocenters. The molecular formula is C2H2Cl8OSi3. The van der Waals surface area contributed by atoms with Crippen LogP contribution in [0.15, 0.2) is 0 Å². The summed E-state index contributed by atoms with van der Waals surface area (Å²) in [6.45, 7) is -3.36. The lowest BCUT2D eigenvalue weighted by Crippen LogP contribution is -2.74. The van der Waals surface area contributed by atoms with E-state index in [1.54, 1.807) is 0 Å². The Labute approximate surface area is 122 Å². The highest BCUT2D eigenvalue weighted by atomic mass is 35.8. The highest BCUT2D eigenvalue weighted by Gasteiger charge is 2.76. The Hall–Kier alpha value is 2.93. The van der Waals surface area contributed by atoms with E-state index in [0.29, 0.717) is 0 Å². The average molecular weight is 410 g/mol. The normalized spacial score (nSPS) is 39.4. The molecule has 1 nitrogen and oxygen atoms in total. The van der Waals surface area contributed by atoms with E-state index in [4.69, 9.17) is 94.1 Å². The van der Waals surface area contributed by atoms with Crippen molar-refractivity contribution in [2.24, 2.45) is 0 Å². The van der Waals surface area contributed by atoms with Gasteiger partial charge in [0.2, 0.25) is 0 Å². The second-order valence-corrected chi connectivity index (χ2v) is 38.1. The fourth-order valence-electron chi connectivity index (χ4n) is 0.807. The fraction of sp³-hybridized carbons (Fsp3) is 1.00. The van der Waals surface area contributed by atoms with Crippen LogP contribution in [0, 0.1) is 0 Å². The molecule has 0 spiro atoms. The van der Waals surface area contributed by atoms with Gasteiger partial charge in [0.05, 0.1) is 5.00 Å². The van der Waals surface area contributed by atoms with Crippen molar-refractivity contribution in [1.82, 2.24) is 0 Å². The zero-order valence-electron chi connectivity index (χ0n) is 6.09. The van der Waals surface area contributed by atoms with Gasteiger partial charge in [-0.3, -0.25) is 0 Å².